The standard InChI is InChI=1S/C22H27ClN2O3S/c1-17-11-13-21(14-12-17)29(27,28)25(20-10-6-7-18(23)15-20)16-22(26)24(2)19-8-4-3-5-9-19/h6-7,10-15,19H,3-5,8-9,16H2,1-2H3. The number of hydrogen-bond acceptors (Lipinski definition) is 3. The molecule has 1 aliphatic rings. The Morgan fingerprint density at radius 1 is 1.07 bits per heavy atom. The summed E-state index contributed by atoms with van der Waals surface area (Å²) < 4.78 is 28.0. The number of carbonyl (C=O) groups is 1. The van der Waals surface area contributed by atoms with Crippen molar-refractivity contribution in [3.8, 4) is 0 Å². The summed E-state index contributed by atoms with van der Waals surface area (Å²) in [6, 6.07) is 13.4. The summed E-state index contributed by atoms with van der Waals surface area (Å²) in [6.07, 6.45) is 5.31. The Labute approximate surface area is 178 Å². The molecule has 29 heavy (non-hydrogen) atoms. The van der Waals surface area contributed by atoms with Crippen LogP contribution in [-0.4, -0.2) is 38.9 Å². The number of anilines is 1. The normalized spacial score (nSPS) is 15.1. The van der Waals surface area contributed by atoms with Crippen LogP contribution in [-0.2, 0) is 14.8 Å². The summed E-state index contributed by atoms with van der Waals surface area (Å²) in [5.41, 5.74) is 1.34. The van der Waals surface area contributed by atoms with Gasteiger partial charge in [0.1, 0.15) is 6.54 Å². The number of sulfonamides is 1. The maximum absolute atomic E-state index is 13.4. The number of amides is 1. The fourth-order valence-electron chi connectivity index (χ4n) is 3.69. The van der Waals surface area contributed by atoms with Crippen molar-refractivity contribution in [3.63, 3.8) is 0 Å². The molecule has 0 saturated heterocycles. The van der Waals surface area contributed by atoms with Crippen LogP contribution in [0, 0.1) is 6.92 Å². The van der Waals surface area contributed by atoms with E-state index in [-0.39, 0.29) is 23.4 Å². The zero-order chi connectivity index (χ0) is 21.0. The summed E-state index contributed by atoms with van der Waals surface area (Å²) >= 11 is 6.11. The first-order chi connectivity index (χ1) is 13.8. The third-order valence-corrected chi connectivity index (χ3v) is 7.52. The molecule has 156 valence electrons. The second-order valence-corrected chi connectivity index (χ2v) is 9.90. The van der Waals surface area contributed by atoms with Gasteiger partial charge in [-0.15, -0.1) is 0 Å². The maximum Gasteiger partial charge on any atom is 0.264 e. The van der Waals surface area contributed by atoms with E-state index in [1.807, 2.05) is 6.92 Å². The minimum absolute atomic E-state index is 0.149. The zero-order valence-corrected chi connectivity index (χ0v) is 18.4. The Balaban J connectivity index is 1.93. The molecule has 0 spiro atoms. The van der Waals surface area contributed by atoms with Crippen molar-refractivity contribution in [2.45, 2.75) is 50.0 Å². The first kappa shape index (κ1) is 21.7. The highest BCUT2D eigenvalue weighted by Gasteiger charge is 2.30. The molecule has 0 N–H and O–H groups in total. The quantitative estimate of drug-likeness (QED) is 0.665. The SMILES string of the molecule is Cc1ccc(S(=O)(=O)N(CC(=O)N(C)C2CCCCC2)c2cccc(Cl)c2)cc1. The lowest BCUT2D eigenvalue weighted by Crippen LogP contribution is -2.45. The molecule has 1 amide bonds. The molecule has 2 aromatic carbocycles. The van der Waals surface area contributed by atoms with Crippen LogP contribution in [0.2, 0.25) is 5.02 Å². The van der Waals surface area contributed by atoms with Gasteiger partial charge in [0.2, 0.25) is 5.91 Å². The summed E-state index contributed by atoms with van der Waals surface area (Å²) in [4.78, 5) is 14.9. The Kier molecular flexibility index (Phi) is 6.85. The van der Waals surface area contributed by atoms with Gasteiger partial charge in [0.25, 0.3) is 10.0 Å². The molecule has 0 heterocycles. The Bertz CT molecular complexity index is 954. The lowest BCUT2D eigenvalue weighted by Gasteiger charge is -2.33. The van der Waals surface area contributed by atoms with Crippen LogP contribution < -0.4 is 4.31 Å². The number of nitrogens with zero attached hydrogens (tertiary/aromatic N) is 2. The lowest BCUT2D eigenvalue weighted by molar-refractivity contribution is -0.130. The van der Waals surface area contributed by atoms with Crippen molar-refractivity contribution in [3.05, 3.63) is 59.1 Å². The van der Waals surface area contributed by atoms with Crippen molar-refractivity contribution in [1.29, 1.82) is 0 Å². The van der Waals surface area contributed by atoms with Gasteiger partial charge < -0.3 is 4.90 Å². The molecule has 1 saturated carbocycles. The van der Waals surface area contributed by atoms with Crippen LogP contribution in [0.15, 0.2) is 53.4 Å². The van der Waals surface area contributed by atoms with E-state index in [0.717, 1.165) is 35.6 Å². The molecule has 0 aromatic heterocycles. The molecule has 3 rings (SSSR count). The molecule has 0 aliphatic heterocycles. The number of benzene rings is 2. The van der Waals surface area contributed by atoms with Gasteiger partial charge in [-0.25, -0.2) is 8.42 Å². The second kappa shape index (κ2) is 9.18. The van der Waals surface area contributed by atoms with Crippen LogP contribution in [0.1, 0.15) is 37.7 Å². The molecule has 0 atom stereocenters. The topological polar surface area (TPSA) is 57.7 Å². The molecule has 1 fully saturated rings. The molecule has 1 aliphatic carbocycles. The average molecular weight is 435 g/mol. The zero-order valence-electron chi connectivity index (χ0n) is 16.8. The summed E-state index contributed by atoms with van der Waals surface area (Å²) in [5, 5.41) is 0.416. The lowest BCUT2D eigenvalue weighted by atomic mass is 9.94. The predicted molar refractivity (Wildman–Crippen MR) is 117 cm³/mol. The maximum atomic E-state index is 13.4. The fraction of sp³-hybridized carbons (Fsp3) is 0.409. The van der Waals surface area contributed by atoms with Gasteiger partial charge in [0.05, 0.1) is 10.6 Å². The van der Waals surface area contributed by atoms with Gasteiger partial charge in [0.15, 0.2) is 0 Å². The van der Waals surface area contributed by atoms with Gasteiger partial charge in [-0.2, -0.15) is 0 Å². The van der Waals surface area contributed by atoms with E-state index in [2.05, 4.69) is 0 Å². The minimum atomic E-state index is -3.92. The summed E-state index contributed by atoms with van der Waals surface area (Å²) in [7, 11) is -2.15. The fourth-order valence-corrected chi connectivity index (χ4v) is 5.28. The van der Waals surface area contributed by atoms with Gasteiger partial charge in [-0.05, 0) is 50.1 Å². The Hall–Kier alpha value is -2.05. The molecule has 0 unspecified atom stereocenters. The van der Waals surface area contributed by atoms with Crippen LogP contribution in [0.5, 0.6) is 0 Å². The van der Waals surface area contributed by atoms with Crippen LogP contribution in [0.4, 0.5) is 5.69 Å². The molecular weight excluding hydrogens is 408 g/mol. The van der Waals surface area contributed by atoms with E-state index < -0.39 is 10.0 Å². The monoisotopic (exact) mass is 434 g/mol. The highest BCUT2D eigenvalue weighted by Crippen LogP contribution is 2.27. The van der Waals surface area contributed by atoms with E-state index in [9.17, 15) is 13.2 Å². The number of carbonyl (C=O) groups excluding carboxylic acids is 1. The number of halogens is 1. The van der Waals surface area contributed by atoms with Crippen molar-refractivity contribution in [2.75, 3.05) is 17.9 Å². The molecule has 0 bridgehead atoms. The summed E-state index contributed by atoms with van der Waals surface area (Å²) in [6.45, 7) is 1.64. The highest BCUT2D eigenvalue weighted by atomic mass is 35.5. The van der Waals surface area contributed by atoms with Gasteiger partial charge >= 0.3 is 0 Å². The molecule has 7 heteroatoms. The van der Waals surface area contributed by atoms with Gasteiger partial charge in [0, 0.05) is 18.1 Å². The number of likely N-dealkylation sites (N-methyl/N-ethyl adjacent to an activating group) is 1. The van der Waals surface area contributed by atoms with E-state index in [1.165, 1.54) is 6.42 Å². The van der Waals surface area contributed by atoms with Crippen LogP contribution >= 0.6 is 11.6 Å². The average Bonchev–Trinajstić information content (AvgIpc) is 2.72. The number of hydrogen-bond donors (Lipinski definition) is 0. The van der Waals surface area contributed by atoms with Crippen molar-refractivity contribution in [2.24, 2.45) is 0 Å². The molecular formula is C22H27ClN2O3S. The molecule has 2 aromatic rings. The predicted octanol–water partition coefficient (Wildman–Crippen LogP) is 4.63. The molecule has 5 nitrogen and oxygen atoms in total. The van der Waals surface area contributed by atoms with E-state index in [1.54, 1.807) is 60.5 Å². The highest BCUT2D eigenvalue weighted by molar-refractivity contribution is 7.92. The smallest absolute Gasteiger partial charge is 0.264 e. The van der Waals surface area contributed by atoms with Gasteiger partial charge in [-0.3, -0.25) is 9.10 Å². The van der Waals surface area contributed by atoms with E-state index in [4.69, 9.17) is 11.6 Å². The third-order valence-electron chi connectivity index (χ3n) is 5.50. The summed E-state index contributed by atoms with van der Waals surface area (Å²) in [5.74, 6) is -0.215. The minimum Gasteiger partial charge on any atom is -0.341 e. The Morgan fingerprint density at radius 2 is 1.72 bits per heavy atom. The van der Waals surface area contributed by atoms with Crippen LogP contribution in [0.3, 0.4) is 0 Å². The van der Waals surface area contributed by atoms with Crippen molar-refractivity contribution < 1.29 is 13.2 Å². The van der Waals surface area contributed by atoms with Crippen molar-refractivity contribution >= 4 is 33.2 Å². The first-order valence-electron chi connectivity index (χ1n) is 9.89. The van der Waals surface area contributed by atoms with Crippen molar-refractivity contribution in [1.82, 2.24) is 4.90 Å². The second-order valence-electron chi connectivity index (χ2n) is 7.60. The largest absolute Gasteiger partial charge is 0.341 e. The first-order valence-corrected chi connectivity index (χ1v) is 11.7. The number of aryl methyl sites for hydroxylation is 1. The third kappa shape index (κ3) is 5.11. The number of rotatable bonds is 6. The van der Waals surface area contributed by atoms with E-state index >= 15 is 0 Å². The van der Waals surface area contributed by atoms with E-state index in [0.29, 0.717) is 10.7 Å². The van der Waals surface area contributed by atoms with Gasteiger partial charge in [-0.1, -0.05) is 54.6 Å². The van der Waals surface area contributed by atoms with Crippen LogP contribution in [0.25, 0.3) is 0 Å². The molecule has 0 radical (unpaired) electrons. The Morgan fingerprint density at radius 3 is 2.34 bits per heavy atom.